The first-order valence-corrected chi connectivity index (χ1v) is 5.72. The van der Waals surface area contributed by atoms with Crippen LogP contribution in [0.3, 0.4) is 0 Å². The van der Waals surface area contributed by atoms with Gasteiger partial charge >= 0.3 is 11.7 Å². The van der Waals surface area contributed by atoms with Crippen molar-refractivity contribution in [1.82, 2.24) is 0 Å². The first kappa shape index (κ1) is 15.4. The van der Waals surface area contributed by atoms with E-state index in [0.717, 1.165) is 6.92 Å². The minimum Gasteiger partial charge on any atom is -0.457 e. The van der Waals surface area contributed by atoms with E-state index >= 15 is 0 Å². The Hall–Kier alpha value is -1.66. The van der Waals surface area contributed by atoms with Crippen LogP contribution in [0.4, 0.5) is 8.78 Å². The molecule has 106 valence electrons. The number of Topliss-reactive ketones (excluding diaryl/α,β-unsaturated/α-hetero) is 1. The van der Waals surface area contributed by atoms with E-state index in [4.69, 9.17) is 5.53 Å². The van der Waals surface area contributed by atoms with Gasteiger partial charge in [0.2, 0.25) is 0 Å². The minimum atomic E-state index is -3.44. The Kier molecular flexibility index (Phi) is 4.17. The zero-order valence-electron chi connectivity index (χ0n) is 10.5. The van der Waals surface area contributed by atoms with Crippen molar-refractivity contribution in [3.05, 3.63) is 5.53 Å². The third kappa shape index (κ3) is 2.54. The molecule has 1 rings (SSSR count). The van der Waals surface area contributed by atoms with Crippen LogP contribution in [0, 0.1) is 5.92 Å². The van der Waals surface area contributed by atoms with E-state index in [0.29, 0.717) is 0 Å². The summed E-state index contributed by atoms with van der Waals surface area (Å²) >= 11 is 0. The Labute approximate surface area is 108 Å². The molecule has 8 heteroatoms. The quantitative estimate of drug-likeness (QED) is 0.267. The number of carbonyl (C=O) groups excluding carboxylic acids is 2. The number of carbonyl (C=O) groups is 2. The van der Waals surface area contributed by atoms with E-state index < -0.39 is 41.3 Å². The number of halogens is 2. The highest BCUT2D eigenvalue weighted by molar-refractivity contribution is 6.62. The number of alkyl halides is 2. The van der Waals surface area contributed by atoms with Crippen molar-refractivity contribution in [2.24, 2.45) is 5.92 Å². The van der Waals surface area contributed by atoms with Crippen LogP contribution < -0.4 is 0 Å². The number of hydrogen-bond donors (Lipinski definition) is 1. The van der Waals surface area contributed by atoms with Crippen molar-refractivity contribution in [2.45, 2.75) is 38.2 Å². The van der Waals surface area contributed by atoms with E-state index in [-0.39, 0.29) is 13.0 Å². The Morgan fingerprint density at radius 1 is 1.53 bits per heavy atom. The summed E-state index contributed by atoms with van der Waals surface area (Å²) in [6.45, 7) is 2.22. The lowest BCUT2D eigenvalue weighted by molar-refractivity contribution is -0.171. The van der Waals surface area contributed by atoms with Gasteiger partial charge in [-0.15, -0.1) is 0 Å². The summed E-state index contributed by atoms with van der Waals surface area (Å²) in [7, 11) is 0. The van der Waals surface area contributed by atoms with Crippen molar-refractivity contribution in [1.29, 1.82) is 0 Å². The second-order valence-corrected chi connectivity index (χ2v) is 4.48. The van der Waals surface area contributed by atoms with Crippen molar-refractivity contribution < 1.29 is 33.0 Å². The van der Waals surface area contributed by atoms with E-state index in [1.807, 2.05) is 0 Å². The van der Waals surface area contributed by atoms with Crippen LogP contribution in [-0.2, 0) is 14.3 Å². The number of ether oxygens (including phenoxy) is 1. The number of nitrogens with zero attached hydrogens (tertiary/aromatic N) is 2. The first-order valence-electron chi connectivity index (χ1n) is 5.72. The second kappa shape index (κ2) is 5.14. The smallest absolute Gasteiger partial charge is 0.441 e. The summed E-state index contributed by atoms with van der Waals surface area (Å²) in [6, 6.07) is 0. The maximum absolute atomic E-state index is 13.4. The van der Waals surface area contributed by atoms with Gasteiger partial charge in [-0.05, 0) is 20.3 Å². The van der Waals surface area contributed by atoms with Crippen LogP contribution in [0.5, 0.6) is 0 Å². The summed E-state index contributed by atoms with van der Waals surface area (Å²) in [5.41, 5.74) is 5.08. The Bertz CT molecular complexity index is 456. The molecule has 0 aromatic rings. The molecule has 1 N–H and O–H groups in total. The van der Waals surface area contributed by atoms with Crippen LogP contribution in [0.2, 0.25) is 0 Å². The zero-order valence-corrected chi connectivity index (χ0v) is 10.5. The van der Waals surface area contributed by atoms with Crippen molar-refractivity contribution in [2.75, 3.05) is 6.61 Å². The third-order valence-electron chi connectivity index (χ3n) is 3.28. The fraction of sp³-hybridized carbons (Fsp3) is 0.727. The predicted octanol–water partition coefficient (Wildman–Crippen LogP) is 0.586. The van der Waals surface area contributed by atoms with E-state index in [2.05, 4.69) is 9.53 Å². The van der Waals surface area contributed by atoms with Gasteiger partial charge in [0, 0.05) is 6.42 Å². The fourth-order valence-corrected chi connectivity index (χ4v) is 2.06. The van der Waals surface area contributed by atoms with Crippen molar-refractivity contribution in [3.63, 3.8) is 0 Å². The van der Waals surface area contributed by atoms with Gasteiger partial charge in [0.15, 0.2) is 0 Å². The highest BCUT2D eigenvalue weighted by Gasteiger charge is 2.63. The molecule has 0 amide bonds. The number of hydrogen-bond acceptors (Lipinski definition) is 4. The van der Waals surface area contributed by atoms with Crippen LogP contribution in [0.1, 0.15) is 26.7 Å². The number of esters is 1. The fourth-order valence-electron chi connectivity index (χ4n) is 2.06. The van der Waals surface area contributed by atoms with Gasteiger partial charge in [0.05, 0.1) is 12.5 Å². The Morgan fingerprint density at radius 3 is 2.47 bits per heavy atom. The molecule has 0 saturated heterocycles. The monoisotopic (exact) mass is 276 g/mol. The van der Waals surface area contributed by atoms with Crippen LogP contribution in [0.15, 0.2) is 0 Å². The molecular formula is C11H14F2N2O4. The first-order chi connectivity index (χ1) is 8.69. The van der Waals surface area contributed by atoms with E-state index in [9.17, 15) is 23.5 Å². The maximum atomic E-state index is 13.4. The van der Waals surface area contributed by atoms with Crippen LogP contribution in [-0.4, -0.2) is 45.5 Å². The van der Waals surface area contributed by atoms with Gasteiger partial charge in [-0.2, -0.15) is 4.79 Å². The maximum Gasteiger partial charge on any atom is 0.441 e. The molecule has 2 atom stereocenters. The minimum absolute atomic E-state index is 0.0671. The van der Waals surface area contributed by atoms with Gasteiger partial charge < -0.3 is 15.4 Å². The average Bonchev–Trinajstić information content (AvgIpc) is 2.50. The molecule has 0 heterocycles. The van der Waals surface area contributed by atoms with Gasteiger partial charge in [0.25, 0.3) is 11.7 Å². The SMILES string of the molecule is CCOC(=O)C(=[N+]=[N-])C(=O)[C@@H]1CCC(F)(F)[C@]1(C)O. The molecule has 1 fully saturated rings. The lowest BCUT2D eigenvalue weighted by Crippen LogP contribution is -2.50. The predicted molar refractivity (Wildman–Crippen MR) is 58.6 cm³/mol. The van der Waals surface area contributed by atoms with E-state index in [1.54, 1.807) is 0 Å². The summed E-state index contributed by atoms with van der Waals surface area (Å²) in [5.74, 6) is -7.32. The van der Waals surface area contributed by atoms with Crippen molar-refractivity contribution in [3.8, 4) is 0 Å². The molecule has 1 aliphatic rings. The lowest BCUT2D eigenvalue weighted by atomic mass is 9.85. The molecule has 0 aromatic carbocycles. The molecule has 0 radical (unpaired) electrons. The van der Waals surface area contributed by atoms with Crippen LogP contribution >= 0.6 is 0 Å². The Morgan fingerprint density at radius 2 is 2.11 bits per heavy atom. The molecule has 0 aromatic heterocycles. The standard InChI is InChI=1S/C11H14F2N2O4/c1-3-19-9(17)7(15-14)8(16)6-4-5-11(12,13)10(6,2)18/h6,18H,3-5H2,1-2H3/t6-,10+/m0/s1. The average molecular weight is 276 g/mol. The summed E-state index contributed by atoms with van der Waals surface area (Å²) in [6.07, 6.45) is -0.991. The van der Waals surface area contributed by atoms with Gasteiger partial charge in [0.1, 0.15) is 5.60 Å². The van der Waals surface area contributed by atoms with Gasteiger partial charge in [-0.25, -0.2) is 13.6 Å². The largest absolute Gasteiger partial charge is 0.457 e. The van der Waals surface area contributed by atoms with E-state index in [1.165, 1.54) is 6.92 Å². The highest BCUT2D eigenvalue weighted by atomic mass is 19.3. The molecule has 0 bridgehead atoms. The van der Waals surface area contributed by atoms with Crippen molar-refractivity contribution >= 4 is 17.5 Å². The Balaban J connectivity index is 3.02. The normalized spacial score (nSPS) is 28.6. The van der Waals surface area contributed by atoms with Gasteiger partial charge in [-0.3, -0.25) is 4.79 Å². The molecule has 1 saturated carbocycles. The summed E-state index contributed by atoms with van der Waals surface area (Å²) < 4.78 is 31.3. The number of ketones is 1. The molecule has 1 aliphatic carbocycles. The highest BCUT2D eigenvalue weighted by Crippen LogP contribution is 2.47. The molecule has 6 nitrogen and oxygen atoms in total. The molecule has 0 aliphatic heterocycles. The second-order valence-electron chi connectivity index (χ2n) is 4.48. The molecule has 0 spiro atoms. The summed E-state index contributed by atoms with van der Waals surface area (Å²) in [4.78, 5) is 25.8. The lowest BCUT2D eigenvalue weighted by Gasteiger charge is -2.28. The molecule has 19 heavy (non-hydrogen) atoms. The van der Waals surface area contributed by atoms with Gasteiger partial charge in [-0.1, -0.05) is 0 Å². The van der Waals surface area contributed by atoms with Crippen LogP contribution in [0.25, 0.3) is 5.53 Å². The topological polar surface area (TPSA) is 100 Å². The number of rotatable bonds is 4. The molecule has 0 unspecified atom stereocenters. The zero-order chi connectivity index (χ0) is 14.8. The number of aliphatic hydroxyl groups is 1. The third-order valence-corrected chi connectivity index (χ3v) is 3.28. The summed E-state index contributed by atoms with van der Waals surface area (Å²) in [5, 5.41) is 9.75. The molecular weight excluding hydrogens is 262 g/mol.